The van der Waals surface area contributed by atoms with E-state index >= 15 is 0 Å². The van der Waals surface area contributed by atoms with Crippen LogP contribution in [0.1, 0.15) is 33.1 Å². The Balaban J connectivity index is 2.47. The number of hydrogen-bond acceptors (Lipinski definition) is 4. The first-order chi connectivity index (χ1) is 9.74. The summed E-state index contributed by atoms with van der Waals surface area (Å²) in [6.07, 6.45) is 1.66. The molecule has 116 valence electrons. The summed E-state index contributed by atoms with van der Waals surface area (Å²) in [7, 11) is 0. The van der Waals surface area contributed by atoms with Gasteiger partial charge in [0.2, 0.25) is 0 Å². The summed E-state index contributed by atoms with van der Waals surface area (Å²) in [6.45, 7) is 3.49. The van der Waals surface area contributed by atoms with E-state index in [1.54, 1.807) is 13.8 Å². The monoisotopic (exact) mass is 299 g/mol. The van der Waals surface area contributed by atoms with Crippen molar-refractivity contribution in [3.8, 4) is 5.75 Å². The molecule has 0 atom stereocenters. The summed E-state index contributed by atoms with van der Waals surface area (Å²) in [5.41, 5.74) is -1.22. The summed E-state index contributed by atoms with van der Waals surface area (Å²) >= 11 is 0. The van der Waals surface area contributed by atoms with E-state index in [2.05, 4.69) is 0 Å². The quantitative estimate of drug-likeness (QED) is 0.451. The third kappa shape index (κ3) is 5.02. The summed E-state index contributed by atoms with van der Waals surface area (Å²) in [5.74, 6) is -1.55. The Morgan fingerprint density at radius 2 is 2.10 bits per heavy atom. The van der Waals surface area contributed by atoms with Crippen LogP contribution in [0.2, 0.25) is 0 Å². The van der Waals surface area contributed by atoms with Crippen molar-refractivity contribution in [1.29, 1.82) is 0 Å². The van der Waals surface area contributed by atoms with Gasteiger partial charge in [-0.3, -0.25) is 14.9 Å². The molecule has 1 aromatic rings. The maximum absolute atomic E-state index is 12.9. The van der Waals surface area contributed by atoms with Crippen molar-refractivity contribution in [2.45, 2.75) is 33.1 Å². The lowest BCUT2D eigenvalue weighted by molar-refractivity contribution is -0.386. The first-order valence-electron chi connectivity index (χ1n) is 6.54. The minimum absolute atomic E-state index is 0.0129. The number of hydrogen-bond donors (Lipinski definition) is 1. The topological polar surface area (TPSA) is 89.7 Å². The minimum Gasteiger partial charge on any atom is -0.487 e. The Hall–Kier alpha value is -2.18. The standard InChI is InChI=1S/C14H18FNO5/c1-14(2,13(17)18)7-3-4-8-21-12-6-5-10(15)9-11(12)16(19)20/h5-6,9H,3-4,7-8H2,1-2H3,(H,17,18). The van der Waals surface area contributed by atoms with Gasteiger partial charge in [-0.1, -0.05) is 0 Å². The number of carboxylic acid groups (broad SMARTS) is 1. The van der Waals surface area contributed by atoms with Crippen LogP contribution in [-0.2, 0) is 4.79 Å². The van der Waals surface area contributed by atoms with E-state index in [1.807, 2.05) is 0 Å². The van der Waals surface area contributed by atoms with E-state index in [0.29, 0.717) is 19.3 Å². The number of nitro groups is 1. The highest BCUT2D eigenvalue weighted by Gasteiger charge is 2.26. The van der Waals surface area contributed by atoms with Crippen molar-refractivity contribution in [3.63, 3.8) is 0 Å². The van der Waals surface area contributed by atoms with Gasteiger partial charge in [0.05, 0.1) is 23.0 Å². The molecular weight excluding hydrogens is 281 g/mol. The number of unbranched alkanes of at least 4 members (excludes halogenated alkanes) is 1. The Bertz CT molecular complexity index is 530. The highest BCUT2D eigenvalue weighted by molar-refractivity contribution is 5.73. The van der Waals surface area contributed by atoms with Crippen molar-refractivity contribution < 1.29 is 24.0 Å². The molecule has 0 saturated heterocycles. The minimum atomic E-state index is -0.863. The van der Waals surface area contributed by atoms with Gasteiger partial charge in [0.25, 0.3) is 0 Å². The van der Waals surface area contributed by atoms with Crippen LogP contribution in [0, 0.1) is 21.3 Å². The van der Waals surface area contributed by atoms with Gasteiger partial charge in [0.15, 0.2) is 5.75 Å². The number of rotatable bonds is 8. The second-order valence-corrected chi connectivity index (χ2v) is 5.36. The van der Waals surface area contributed by atoms with Crippen LogP contribution in [0.3, 0.4) is 0 Å². The number of carboxylic acids is 1. The van der Waals surface area contributed by atoms with Gasteiger partial charge in [0.1, 0.15) is 5.82 Å². The number of aliphatic carboxylic acids is 1. The molecule has 0 radical (unpaired) electrons. The molecule has 0 aromatic heterocycles. The lowest BCUT2D eigenvalue weighted by Gasteiger charge is -2.18. The van der Waals surface area contributed by atoms with Crippen molar-refractivity contribution in [3.05, 3.63) is 34.1 Å². The SMILES string of the molecule is CC(C)(CCCCOc1ccc(F)cc1[N+](=O)[O-])C(=O)O. The zero-order valence-corrected chi connectivity index (χ0v) is 12.0. The van der Waals surface area contributed by atoms with E-state index < -0.39 is 27.8 Å². The van der Waals surface area contributed by atoms with Crippen LogP contribution in [0.4, 0.5) is 10.1 Å². The number of halogens is 1. The molecule has 1 aromatic carbocycles. The normalized spacial score (nSPS) is 11.2. The Morgan fingerprint density at radius 1 is 1.43 bits per heavy atom. The molecule has 0 saturated carbocycles. The Labute approximate surface area is 121 Å². The van der Waals surface area contributed by atoms with Gasteiger partial charge in [-0.15, -0.1) is 0 Å². The van der Waals surface area contributed by atoms with Crippen molar-refractivity contribution in [2.24, 2.45) is 5.41 Å². The summed E-state index contributed by atoms with van der Waals surface area (Å²) < 4.78 is 18.2. The fourth-order valence-corrected chi connectivity index (χ4v) is 1.71. The molecular formula is C14H18FNO5. The molecule has 0 fully saturated rings. The molecule has 1 N–H and O–H groups in total. The van der Waals surface area contributed by atoms with Crippen LogP contribution in [0.15, 0.2) is 18.2 Å². The number of ether oxygens (including phenoxy) is 1. The summed E-state index contributed by atoms with van der Waals surface area (Å²) in [4.78, 5) is 21.0. The number of nitro benzene ring substituents is 1. The maximum Gasteiger partial charge on any atom is 0.313 e. The molecule has 0 amide bonds. The summed E-state index contributed by atoms with van der Waals surface area (Å²) in [5, 5.41) is 19.7. The Morgan fingerprint density at radius 3 is 2.67 bits per heavy atom. The van der Waals surface area contributed by atoms with Crippen LogP contribution in [0.5, 0.6) is 5.75 Å². The lowest BCUT2D eigenvalue weighted by Crippen LogP contribution is -2.23. The van der Waals surface area contributed by atoms with Gasteiger partial charge in [0, 0.05) is 0 Å². The third-order valence-corrected chi connectivity index (χ3v) is 3.15. The Kier molecular flexibility index (Phi) is 5.63. The molecule has 0 spiro atoms. The molecule has 6 nitrogen and oxygen atoms in total. The highest BCUT2D eigenvalue weighted by atomic mass is 19.1. The van der Waals surface area contributed by atoms with E-state index in [0.717, 1.165) is 12.1 Å². The van der Waals surface area contributed by atoms with Crippen LogP contribution >= 0.6 is 0 Å². The molecule has 7 heteroatoms. The van der Waals surface area contributed by atoms with E-state index in [9.17, 15) is 19.3 Å². The largest absolute Gasteiger partial charge is 0.487 e. The van der Waals surface area contributed by atoms with Crippen molar-refractivity contribution >= 4 is 11.7 Å². The first-order valence-corrected chi connectivity index (χ1v) is 6.54. The number of carbonyl (C=O) groups is 1. The highest BCUT2D eigenvalue weighted by Crippen LogP contribution is 2.28. The molecule has 0 bridgehead atoms. The van der Waals surface area contributed by atoms with Crippen molar-refractivity contribution in [1.82, 2.24) is 0 Å². The zero-order valence-electron chi connectivity index (χ0n) is 12.0. The van der Waals surface area contributed by atoms with E-state index in [-0.39, 0.29) is 12.4 Å². The third-order valence-electron chi connectivity index (χ3n) is 3.15. The van der Waals surface area contributed by atoms with Gasteiger partial charge < -0.3 is 9.84 Å². The fraction of sp³-hybridized carbons (Fsp3) is 0.500. The predicted octanol–water partition coefficient (Wildman–Crippen LogP) is 3.39. The molecule has 0 aliphatic rings. The van der Waals surface area contributed by atoms with Crippen LogP contribution in [-0.4, -0.2) is 22.6 Å². The van der Waals surface area contributed by atoms with Crippen LogP contribution < -0.4 is 4.74 Å². The molecule has 21 heavy (non-hydrogen) atoms. The summed E-state index contributed by atoms with van der Waals surface area (Å²) in [6, 6.07) is 3.12. The first kappa shape index (κ1) is 16.9. The van der Waals surface area contributed by atoms with Gasteiger partial charge in [-0.05, 0) is 45.2 Å². The average Bonchev–Trinajstić information content (AvgIpc) is 2.39. The van der Waals surface area contributed by atoms with Crippen molar-refractivity contribution in [2.75, 3.05) is 6.61 Å². The maximum atomic E-state index is 12.9. The van der Waals surface area contributed by atoms with Gasteiger partial charge in [-0.25, -0.2) is 4.39 Å². The molecule has 0 unspecified atom stereocenters. The molecule has 0 aliphatic heterocycles. The molecule has 1 rings (SSSR count). The zero-order chi connectivity index (χ0) is 16.0. The second-order valence-electron chi connectivity index (χ2n) is 5.36. The van der Waals surface area contributed by atoms with Crippen LogP contribution in [0.25, 0.3) is 0 Å². The molecule has 0 aliphatic carbocycles. The van der Waals surface area contributed by atoms with E-state index in [1.165, 1.54) is 6.07 Å². The fourth-order valence-electron chi connectivity index (χ4n) is 1.71. The van der Waals surface area contributed by atoms with Gasteiger partial charge >= 0.3 is 11.7 Å². The number of benzene rings is 1. The smallest absolute Gasteiger partial charge is 0.313 e. The van der Waals surface area contributed by atoms with E-state index in [4.69, 9.17) is 9.84 Å². The average molecular weight is 299 g/mol. The molecule has 0 heterocycles. The predicted molar refractivity (Wildman–Crippen MR) is 73.8 cm³/mol. The van der Waals surface area contributed by atoms with Gasteiger partial charge in [-0.2, -0.15) is 0 Å². The number of nitrogens with zero attached hydrogens (tertiary/aromatic N) is 1. The second kappa shape index (κ2) is 7.01. The lowest BCUT2D eigenvalue weighted by atomic mass is 9.87.